The molecule has 104 valence electrons. The Labute approximate surface area is 119 Å². The molecule has 6 nitrogen and oxygen atoms in total. The number of hydrogen-bond donors (Lipinski definition) is 1. The zero-order valence-electron chi connectivity index (χ0n) is 10.9. The Morgan fingerprint density at radius 1 is 1.14 bits per heavy atom. The third-order valence-corrected chi connectivity index (χ3v) is 3.01. The average Bonchev–Trinajstić information content (AvgIpc) is 2.49. The van der Waals surface area contributed by atoms with Gasteiger partial charge in [0.15, 0.2) is 5.75 Å². The van der Waals surface area contributed by atoms with Gasteiger partial charge in [0.05, 0.1) is 16.1 Å². The Hall–Kier alpha value is -3.15. The number of nitrogens with two attached hydrogens (primary N) is 1. The Balaban J connectivity index is 1.93. The molecule has 0 atom stereocenters. The minimum atomic E-state index is -0.500. The number of benzene rings is 2. The topological polar surface area (TPSA) is 91.3 Å². The molecule has 0 radical (unpaired) electrons. The first-order chi connectivity index (χ1) is 10.1. The number of aromatic nitrogens is 1. The van der Waals surface area contributed by atoms with Gasteiger partial charge in [0.2, 0.25) is 0 Å². The number of hydrogen-bond acceptors (Lipinski definition) is 5. The molecular weight excluding hydrogens is 270 g/mol. The van der Waals surface area contributed by atoms with Gasteiger partial charge in [0.25, 0.3) is 5.69 Å². The highest BCUT2D eigenvalue weighted by atomic mass is 16.6. The Morgan fingerprint density at radius 2 is 2.00 bits per heavy atom. The molecular formula is C15H11N3O3. The van der Waals surface area contributed by atoms with Crippen LogP contribution in [-0.2, 0) is 0 Å². The van der Waals surface area contributed by atoms with Crippen molar-refractivity contribution in [2.45, 2.75) is 0 Å². The van der Waals surface area contributed by atoms with Crippen LogP contribution in [0.1, 0.15) is 0 Å². The van der Waals surface area contributed by atoms with Crippen LogP contribution < -0.4 is 10.5 Å². The molecule has 0 amide bonds. The van der Waals surface area contributed by atoms with Gasteiger partial charge in [-0.15, -0.1) is 0 Å². The predicted octanol–water partition coefficient (Wildman–Crippen LogP) is 3.52. The fraction of sp³-hybridized carbons (Fsp3) is 0. The number of anilines is 1. The van der Waals surface area contributed by atoms with Crippen LogP contribution >= 0.6 is 0 Å². The molecule has 1 aromatic heterocycles. The van der Waals surface area contributed by atoms with E-state index in [1.165, 1.54) is 18.2 Å². The molecule has 0 aliphatic carbocycles. The average molecular weight is 281 g/mol. The summed E-state index contributed by atoms with van der Waals surface area (Å²) in [5.74, 6) is 0.942. The SMILES string of the molecule is Nc1cc([N+](=O)[O-])ccc1Oc1ccc2cccnc2c1. The van der Waals surface area contributed by atoms with Crippen LogP contribution in [0, 0.1) is 10.1 Å². The summed E-state index contributed by atoms with van der Waals surface area (Å²) in [5, 5.41) is 11.7. The van der Waals surface area contributed by atoms with Crippen molar-refractivity contribution in [1.29, 1.82) is 0 Å². The van der Waals surface area contributed by atoms with Gasteiger partial charge in [-0.25, -0.2) is 0 Å². The minimum absolute atomic E-state index is 0.0694. The second kappa shape index (κ2) is 5.09. The molecule has 3 rings (SSSR count). The Bertz CT molecular complexity index is 833. The summed E-state index contributed by atoms with van der Waals surface area (Å²) in [5.41, 5.74) is 6.72. The number of ether oxygens (including phenoxy) is 1. The molecule has 0 bridgehead atoms. The van der Waals surface area contributed by atoms with Crippen LogP contribution in [0.15, 0.2) is 54.7 Å². The monoisotopic (exact) mass is 281 g/mol. The molecule has 0 saturated carbocycles. The van der Waals surface area contributed by atoms with E-state index in [-0.39, 0.29) is 11.4 Å². The van der Waals surface area contributed by atoms with Gasteiger partial charge in [0, 0.05) is 29.8 Å². The lowest BCUT2D eigenvalue weighted by atomic mass is 10.2. The number of nitrogens with zero attached hydrogens (tertiary/aromatic N) is 2. The van der Waals surface area contributed by atoms with Gasteiger partial charge in [-0.3, -0.25) is 15.1 Å². The standard InChI is InChI=1S/C15H11N3O3/c16-13-8-11(18(19)20)4-6-15(13)21-12-5-3-10-2-1-7-17-14(10)9-12/h1-9H,16H2. The van der Waals surface area contributed by atoms with Crippen molar-refractivity contribution in [3.63, 3.8) is 0 Å². The van der Waals surface area contributed by atoms with E-state index in [1.54, 1.807) is 18.3 Å². The Kier molecular flexibility index (Phi) is 3.12. The summed E-state index contributed by atoms with van der Waals surface area (Å²) in [7, 11) is 0. The molecule has 6 heteroatoms. The van der Waals surface area contributed by atoms with Gasteiger partial charge in [-0.2, -0.15) is 0 Å². The van der Waals surface area contributed by atoms with Crippen molar-refractivity contribution in [3.8, 4) is 11.5 Å². The second-order valence-corrected chi connectivity index (χ2v) is 4.44. The molecule has 3 aromatic rings. The number of nitro benzene ring substituents is 1. The van der Waals surface area contributed by atoms with Crippen LogP contribution in [0.25, 0.3) is 10.9 Å². The number of rotatable bonds is 3. The second-order valence-electron chi connectivity index (χ2n) is 4.44. The molecule has 0 fully saturated rings. The summed E-state index contributed by atoms with van der Waals surface area (Å²) in [4.78, 5) is 14.4. The summed E-state index contributed by atoms with van der Waals surface area (Å²) < 4.78 is 5.66. The molecule has 1 heterocycles. The maximum absolute atomic E-state index is 10.7. The first kappa shape index (κ1) is 12.9. The van der Waals surface area contributed by atoms with Crippen LogP contribution in [0.4, 0.5) is 11.4 Å². The van der Waals surface area contributed by atoms with Crippen LogP contribution in [0.2, 0.25) is 0 Å². The van der Waals surface area contributed by atoms with Crippen LogP contribution in [0.5, 0.6) is 11.5 Å². The predicted molar refractivity (Wildman–Crippen MR) is 79.3 cm³/mol. The van der Waals surface area contributed by atoms with Gasteiger partial charge in [0.1, 0.15) is 5.75 Å². The van der Waals surface area contributed by atoms with Crippen molar-refractivity contribution in [2.24, 2.45) is 0 Å². The first-order valence-corrected chi connectivity index (χ1v) is 6.20. The highest BCUT2D eigenvalue weighted by molar-refractivity contribution is 5.79. The zero-order valence-corrected chi connectivity index (χ0v) is 10.9. The summed E-state index contributed by atoms with van der Waals surface area (Å²) in [6.07, 6.45) is 1.70. The number of nitro groups is 1. The maximum atomic E-state index is 10.7. The van der Waals surface area contributed by atoms with Crippen molar-refractivity contribution in [1.82, 2.24) is 4.98 Å². The van der Waals surface area contributed by atoms with E-state index in [0.29, 0.717) is 11.5 Å². The normalized spacial score (nSPS) is 10.5. The highest BCUT2D eigenvalue weighted by Crippen LogP contribution is 2.31. The summed E-state index contributed by atoms with van der Waals surface area (Å²) in [6, 6.07) is 13.4. The highest BCUT2D eigenvalue weighted by Gasteiger charge is 2.10. The number of non-ortho nitro benzene ring substituents is 1. The maximum Gasteiger partial charge on any atom is 0.271 e. The van der Waals surface area contributed by atoms with E-state index in [2.05, 4.69) is 4.98 Å². The van der Waals surface area contributed by atoms with Gasteiger partial charge >= 0.3 is 0 Å². The largest absolute Gasteiger partial charge is 0.455 e. The number of pyridine rings is 1. The van der Waals surface area contributed by atoms with Gasteiger partial charge in [-0.05, 0) is 24.3 Å². The van der Waals surface area contributed by atoms with E-state index < -0.39 is 4.92 Å². The lowest BCUT2D eigenvalue weighted by Crippen LogP contribution is -1.95. The third-order valence-electron chi connectivity index (χ3n) is 3.01. The minimum Gasteiger partial charge on any atom is -0.455 e. The third kappa shape index (κ3) is 2.59. The van der Waals surface area contributed by atoms with Crippen molar-refractivity contribution in [3.05, 3.63) is 64.8 Å². The molecule has 2 aromatic carbocycles. The zero-order chi connectivity index (χ0) is 14.8. The summed E-state index contributed by atoms with van der Waals surface area (Å²) >= 11 is 0. The van der Waals surface area contributed by atoms with Crippen molar-refractivity contribution in [2.75, 3.05) is 5.73 Å². The van der Waals surface area contributed by atoms with Crippen LogP contribution in [-0.4, -0.2) is 9.91 Å². The van der Waals surface area contributed by atoms with E-state index >= 15 is 0 Å². The molecule has 0 saturated heterocycles. The van der Waals surface area contributed by atoms with E-state index in [0.717, 1.165) is 10.9 Å². The first-order valence-electron chi connectivity index (χ1n) is 6.20. The van der Waals surface area contributed by atoms with Crippen molar-refractivity contribution >= 4 is 22.3 Å². The molecule has 0 spiro atoms. The van der Waals surface area contributed by atoms with E-state index in [4.69, 9.17) is 10.5 Å². The van der Waals surface area contributed by atoms with E-state index in [9.17, 15) is 10.1 Å². The van der Waals surface area contributed by atoms with Gasteiger partial charge in [-0.1, -0.05) is 6.07 Å². The number of fused-ring (bicyclic) bond motifs is 1. The quantitative estimate of drug-likeness (QED) is 0.450. The Morgan fingerprint density at radius 3 is 2.76 bits per heavy atom. The molecule has 0 unspecified atom stereocenters. The van der Waals surface area contributed by atoms with E-state index in [1.807, 2.05) is 18.2 Å². The fourth-order valence-electron chi connectivity index (χ4n) is 1.98. The van der Waals surface area contributed by atoms with Crippen molar-refractivity contribution < 1.29 is 9.66 Å². The molecule has 21 heavy (non-hydrogen) atoms. The fourth-order valence-corrected chi connectivity index (χ4v) is 1.98. The number of nitrogen functional groups attached to an aromatic ring is 1. The van der Waals surface area contributed by atoms with Gasteiger partial charge < -0.3 is 10.5 Å². The lowest BCUT2D eigenvalue weighted by Gasteiger charge is -2.08. The lowest BCUT2D eigenvalue weighted by molar-refractivity contribution is -0.384. The smallest absolute Gasteiger partial charge is 0.271 e. The molecule has 2 N–H and O–H groups in total. The van der Waals surface area contributed by atoms with Crippen LogP contribution in [0.3, 0.4) is 0 Å². The molecule has 0 aliphatic rings. The summed E-state index contributed by atoms with van der Waals surface area (Å²) in [6.45, 7) is 0. The molecule has 0 aliphatic heterocycles.